The molecule has 0 radical (unpaired) electrons. The van der Waals surface area contributed by atoms with Crippen molar-refractivity contribution in [2.75, 3.05) is 5.32 Å². The minimum Gasteiger partial charge on any atom is -0.323 e. The molecule has 2 atom stereocenters. The van der Waals surface area contributed by atoms with E-state index in [0.29, 0.717) is 24.2 Å². The molecule has 146 valence electrons. The van der Waals surface area contributed by atoms with Gasteiger partial charge in [-0.3, -0.25) is 4.79 Å². The SMILES string of the molecule is CC1(C)[C@@]2(C)CC[C@@]1(C(=O)Nc1cc(F)ccc1F)c1nc(C#N)c(C#N)nc12. The Labute approximate surface area is 166 Å². The number of hydrogen-bond donors (Lipinski definition) is 1. The quantitative estimate of drug-likeness (QED) is 0.842. The number of nitrogens with zero attached hydrogens (tertiary/aromatic N) is 4. The lowest BCUT2D eigenvalue weighted by atomic mass is 9.63. The maximum atomic E-state index is 14.1. The first kappa shape index (κ1) is 18.9. The number of carbonyl (C=O) groups excluding carboxylic acids is 1. The fourth-order valence-corrected chi connectivity index (χ4v) is 4.96. The third-order valence-corrected chi connectivity index (χ3v) is 7.05. The maximum Gasteiger partial charge on any atom is 0.237 e. The Hall–Kier alpha value is -3.39. The van der Waals surface area contributed by atoms with Gasteiger partial charge in [0.2, 0.25) is 5.91 Å². The van der Waals surface area contributed by atoms with E-state index in [4.69, 9.17) is 0 Å². The summed E-state index contributed by atoms with van der Waals surface area (Å²) < 4.78 is 27.7. The van der Waals surface area contributed by atoms with Gasteiger partial charge in [-0.15, -0.1) is 0 Å². The highest BCUT2D eigenvalue weighted by Gasteiger charge is 2.73. The van der Waals surface area contributed by atoms with E-state index < -0.39 is 33.8 Å². The van der Waals surface area contributed by atoms with Gasteiger partial charge in [-0.25, -0.2) is 18.7 Å². The van der Waals surface area contributed by atoms with Crippen molar-refractivity contribution in [1.29, 1.82) is 10.5 Å². The van der Waals surface area contributed by atoms with E-state index in [1.165, 1.54) is 0 Å². The predicted octanol–water partition coefficient (Wildman–Crippen LogP) is 3.47. The second-order valence-electron chi connectivity index (χ2n) is 8.28. The van der Waals surface area contributed by atoms with Crippen molar-refractivity contribution in [1.82, 2.24) is 9.97 Å². The van der Waals surface area contributed by atoms with Crippen LogP contribution in [0.2, 0.25) is 0 Å². The summed E-state index contributed by atoms with van der Waals surface area (Å²) in [6, 6.07) is 6.59. The van der Waals surface area contributed by atoms with Gasteiger partial charge in [-0.2, -0.15) is 10.5 Å². The summed E-state index contributed by atoms with van der Waals surface area (Å²) in [7, 11) is 0. The molecule has 2 bridgehead atoms. The molecule has 2 aromatic rings. The molecule has 2 aliphatic carbocycles. The van der Waals surface area contributed by atoms with Crippen molar-refractivity contribution in [3.8, 4) is 12.1 Å². The molecule has 0 spiro atoms. The third-order valence-electron chi connectivity index (χ3n) is 7.05. The van der Waals surface area contributed by atoms with Gasteiger partial charge in [-0.1, -0.05) is 20.8 Å². The lowest BCUT2D eigenvalue weighted by Gasteiger charge is -2.39. The topological polar surface area (TPSA) is 102 Å². The number of halogens is 2. The molecule has 4 rings (SSSR count). The normalized spacial score (nSPS) is 25.8. The zero-order valence-corrected chi connectivity index (χ0v) is 16.1. The first-order chi connectivity index (χ1) is 13.6. The van der Waals surface area contributed by atoms with Gasteiger partial charge < -0.3 is 5.32 Å². The zero-order chi connectivity index (χ0) is 21.2. The average Bonchev–Trinajstić information content (AvgIpc) is 2.99. The Kier molecular flexibility index (Phi) is 3.79. The number of fused-ring (bicyclic) bond motifs is 5. The monoisotopic (exact) mass is 393 g/mol. The molecule has 29 heavy (non-hydrogen) atoms. The van der Waals surface area contributed by atoms with Crippen molar-refractivity contribution in [3.63, 3.8) is 0 Å². The number of hydrogen-bond acceptors (Lipinski definition) is 5. The Balaban J connectivity index is 1.92. The molecule has 6 nitrogen and oxygen atoms in total. The predicted molar refractivity (Wildman–Crippen MR) is 98.5 cm³/mol. The van der Waals surface area contributed by atoms with E-state index in [0.717, 1.165) is 18.2 Å². The van der Waals surface area contributed by atoms with Crippen LogP contribution in [-0.2, 0) is 15.6 Å². The molecule has 1 aromatic heterocycles. The van der Waals surface area contributed by atoms with Crippen LogP contribution in [0.3, 0.4) is 0 Å². The number of carbonyl (C=O) groups is 1. The molecule has 0 saturated heterocycles. The van der Waals surface area contributed by atoms with Crippen molar-refractivity contribution >= 4 is 11.6 Å². The molecular formula is C21H17F2N5O. The van der Waals surface area contributed by atoms with E-state index in [1.807, 2.05) is 32.9 Å². The molecular weight excluding hydrogens is 376 g/mol. The highest BCUT2D eigenvalue weighted by molar-refractivity contribution is 6.01. The Morgan fingerprint density at radius 2 is 1.69 bits per heavy atom. The van der Waals surface area contributed by atoms with Crippen LogP contribution >= 0.6 is 0 Å². The fourth-order valence-electron chi connectivity index (χ4n) is 4.96. The molecule has 1 fully saturated rings. The Morgan fingerprint density at radius 3 is 2.31 bits per heavy atom. The van der Waals surface area contributed by atoms with Crippen LogP contribution in [0.5, 0.6) is 0 Å². The second-order valence-corrected chi connectivity index (χ2v) is 8.28. The fraction of sp³-hybridized carbons (Fsp3) is 0.381. The standard InChI is InChI=1S/C21H17F2N5O/c1-19(2)20(3)6-7-21(19,17-16(20)26-14(9-24)15(10-25)27-17)18(29)28-13-8-11(22)4-5-12(13)23/h4-5,8H,6-7H2,1-3H3,(H,28,29)/t20-,21-/m0/s1. The van der Waals surface area contributed by atoms with Crippen molar-refractivity contribution in [2.45, 2.75) is 44.4 Å². The van der Waals surface area contributed by atoms with Crippen molar-refractivity contribution < 1.29 is 13.6 Å². The van der Waals surface area contributed by atoms with Gasteiger partial charge in [0.05, 0.1) is 22.5 Å². The molecule has 0 aliphatic heterocycles. The molecule has 1 saturated carbocycles. The van der Waals surface area contributed by atoms with Gasteiger partial charge >= 0.3 is 0 Å². The number of amides is 1. The van der Waals surface area contributed by atoms with E-state index in [1.54, 1.807) is 0 Å². The summed E-state index contributed by atoms with van der Waals surface area (Å²) in [5.41, 5.74) is -2.08. The van der Waals surface area contributed by atoms with E-state index in [-0.39, 0.29) is 17.1 Å². The minimum absolute atomic E-state index is 0.0810. The summed E-state index contributed by atoms with van der Waals surface area (Å²) in [5, 5.41) is 21.2. The van der Waals surface area contributed by atoms with Gasteiger partial charge in [-0.05, 0) is 30.4 Å². The zero-order valence-electron chi connectivity index (χ0n) is 16.1. The first-order valence-corrected chi connectivity index (χ1v) is 9.12. The molecule has 1 aromatic carbocycles. The first-order valence-electron chi connectivity index (χ1n) is 9.12. The van der Waals surface area contributed by atoms with Crippen LogP contribution in [0, 0.1) is 39.7 Å². The summed E-state index contributed by atoms with van der Waals surface area (Å²) in [6.07, 6.45) is 1.02. The van der Waals surface area contributed by atoms with Gasteiger partial charge in [0.1, 0.15) is 23.8 Å². The third kappa shape index (κ3) is 2.14. The number of aromatic nitrogens is 2. The van der Waals surface area contributed by atoms with E-state index in [2.05, 4.69) is 15.3 Å². The molecule has 1 heterocycles. The van der Waals surface area contributed by atoms with Crippen LogP contribution in [0.4, 0.5) is 14.5 Å². The summed E-state index contributed by atoms with van der Waals surface area (Å²) in [6.45, 7) is 5.77. The van der Waals surface area contributed by atoms with Gasteiger partial charge in [0, 0.05) is 11.5 Å². The van der Waals surface area contributed by atoms with Gasteiger partial charge in [0.25, 0.3) is 0 Å². The Bertz CT molecular complexity index is 1160. The molecule has 1 N–H and O–H groups in total. The Morgan fingerprint density at radius 1 is 1.07 bits per heavy atom. The largest absolute Gasteiger partial charge is 0.323 e. The summed E-state index contributed by atoms with van der Waals surface area (Å²) in [4.78, 5) is 22.3. The smallest absolute Gasteiger partial charge is 0.237 e. The average molecular weight is 393 g/mol. The lowest BCUT2D eigenvalue weighted by Crippen LogP contribution is -2.48. The molecule has 0 unspecified atom stereocenters. The van der Waals surface area contributed by atoms with Crippen molar-refractivity contribution in [3.05, 3.63) is 52.6 Å². The van der Waals surface area contributed by atoms with E-state index in [9.17, 15) is 24.1 Å². The summed E-state index contributed by atoms with van der Waals surface area (Å²) in [5.74, 6) is -1.96. The second kappa shape index (κ2) is 5.81. The van der Waals surface area contributed by atoms with Crippen molar-refractivity contribution in [2.24, 2.45) is 5.41 Å². The molecule has 2 aliphatic rings. The van der Waals surface area contributed by atoms with Crippen LogP contribution in [0.25, 0.3) is 0 Å². The summed E-state index contributed by atoms with van der Waals surface area (Å²) >= 11 is 0. The highest BCUT2D eigenvalue weighted by Crippen LogP contribution is 2.70. The number of anilines is 1. The van der Waals surface area contributed by atoms with Crippen LogP contribution < -0.4 is 5.32 Å². The number of nitrogens with one attached hydrogen (secondary N) is 1. The maximum absolute atomic E-state index is 14.1. The number of benzene rings is 1. The van der Waals surface area contributed by atoms with E-state index >= 15 is 0 Å². The minimum atomic E-state index is -1.19. The van der Waals surface area contributed by atoms with Crippen LogP contribution in [-0.4, -0.2) is 15.9 Å². The molecule has 8 heteroatoms. The van der Waals surface area contributed by atoms with Crippen LogP contribution in [0.1, 0.15) is 56.4 Å². The highest BCUT2D eigenvalue weighted by atomic mass is 19.1. The molecule has 1 amide bonds. The van der Waals surface area contributed by atoms with Gasteiger partial charge in [0.15, 0.2) is 11.4 Å². The lowest BCUT2D eigenvalue weighted by molar-refractivity contribution is -0.125. The van der Waals surface area contributed by atoms with Crippen LogP contribution in [0.15, 0.2) is 18.2 Å². The number of rotatable bonds is 2. The number of nitriles is 2.